The molecule has 1 amide bonds. The van der Waals surface area contributed by atoms with E-state index >= 15 is 0 Å². The van der Waals surface area contributed by atoms with Gasteiger partial charge in [-0.15, -0.1) is 0 Å². The Morgan fingerprint density at radius 3 is 2.30 bits per heavy atom. The SMILES string of the molecule is COC(=O)CCc1c(C)nn(-c2ccc(C(=O)NCc3ccc(C)cc3)cc2)c1C. The van der Waals surface area contributed by atoms with Gasteiger partial charge in [0.15, 0.2) is 0 Å². The number of methoxy groups -OCH3 is 1. The zero-order chi connectivity index (χ0) is 21.7. The average molecular weight is 405 g/mol. The van der Waals surface area contributed by atoms with Crippen molar-refractivity contribution in [3.8, 4) is 5.69 Å². The molecule has 0 radical (unpaired) electrons. The molecule has 2 aromatic carbocycles. The third-order valence-corrected chi connectivity index (χ3v) is 5.20. The third-order valence-electron chi connectivity index (χ3n) is 5.20. The molecule has 6 nitrogen and oxygen atoms in total. The summed E-state index contributed by atoms with van der Waals surface area (Å²) in [6, 6.07) is 15.4. The summed E-state index contributed by atoms with van der Waals surface area (Å²) in [6.45, 7) is 6.44. The molecule has 1 aromatic heterocycles. The van der Waals surface area contributed by atoms with Crippen molar-refractivity contribution in [2.45, 2.75) is 40.2 Å². The fraction of sp³-hybridized carbons (Fsp3) is 0.292. The van der Waals surface area contributed by atoms with Gasteiger partial charge >= 0.3 is 5.97 Å². The summed E-state index contributed by atoms with van der Waals surface area (Å²) in [6.07, 6.45) is 0.911. The van der Waals surface area contributed by atoms with E-state index in [1.54, 1.807) is 12.1 Å². The van der Waals surface area contributed by atoms with E-state index < -0.39 is 0 Å². The van der Waals surface area contributed by atoms with Crippen molar-refractivity contribution in [3.05, 3.63) is 82.2 Å². The highest BCUT2D eigenvalue weighted by molar-refractivity contribution is 5.94. The molecule has 1 N–H and O–H groups in total. The van der Waals surface area contributed by atoms with Gasteiger partial charge in [-0.3, -0.25) is 9.59 Å². The number of hydrogen-bond donors (Lipinski definition) is 1. The van der Waals surface area contributed by atoms with Crippen LogP contribution >= 0.6 is 0 Å². The maximum absolute atomic E-state index is 12.5. The van der Waals surface area contributed by atoms with Crippen molar-refractivity contribution in [3.63, 3.8) is 0 Å². The van der Waals surface area contributed by atoms with Gasteiger partial charge in [0.2, 0.25) is 0 Å². The Balaban J connectivity index is 1.68. The standard InChI is InChI=1S/C24H27N3O3/c1-16-5-7-19(8-6-16)15-25-24(29)20-9-11-21(12-10-20)27-18(3)22(17(2)26-27)13-14-23(28)30-4/h5-12H,13-15H2,1-4H3,(H,25,29). The molecular formula is C24H27N3O3. The highest BCUT2D eigenvalue weighted by Crippen LogP contribution is 2.20. The topological polar surface area (TPSA) is 73.2 Å². The normalized spacial score (nSPS) is 10.7. The number of aryl methyl sites for hydroxylation is 2. The predicted octanol–water partition coefficient (Wildman–Crippen LogP) is 3.83. The molecule has 0 aliphatic carbocycles. The van der Waals surface area contributed by atoms with Crippen LogP contribution in [0.15, 0.2) is 48.5 Å². The molecule has 0 unspecified atom stereocenters. The summed E-state index contributed by atoms with van der Waals surface area (Å²) in [5, 5.41) is 7.55. The zero-order valence-electron chi connectivity index (χ0n) is 17.9. The molecule has 0 bridgehead atoms. The molecule has 0 aliphatic rings. The predicted molar refractivity (Wildman–Crippen MR) is 116 cm³/mol. The monoisotopic (exact) mass is 405 g/mol. The molecule has 0 saturated heterocycles. The van der Waals surface area contributed by atoms with Crippen LogP contribution in [0.2, 0.25) is 0 Å². The molecule has 0 saturated carbocycles. The summed E-state index contributed by atoms with van der Waals surface area (Å²) in [4.78, 5) is 23.9. The quantitative estimate of drug-likeness (QED) is 0.606. The third kappa shape index (κ3) is 4.95. The van der Waals surface area contributed by atoms with Crippen LogP contribution in [-0.4, -0.2) is 28.8 Å². The first kappa shape index (κ1) is 21.3. The summed E-state index contributed by atoms with van der Waals surface area (Å²) in [5.74, 6) is -0.350. The van der Waals surface area contributed by atoms with Gasteiger partial charge in [-0.1, -0.05) is 29.8 Å². The van der Waals surface area contributed by atoms with E-state index in [4.69, 9.17) is 4.74 Å². The van der Waals surface area contributed by atoms with Crippen molar-refractivity contribution >= 4 is 11.9 Å². The number of hydrogen-bond acceptors (Lipinski definition) is 4. The maximum atomic E-state index is 12.5. The van der Waals surface area contributed by atoms with Crippen molar-refractivity contribution < 1.29 is 14.3 Å². The van der Waals surface area contributed by atoms with Crippen LogP contribution in [0.25, 0.3) is 5.69 Å². The Morgan fingerprint density at radius 2 is 1.67 bits per heavy atom. The highest BCUT2D eigenvalue weighted by atomic mass is 16.5. The average Bonchev–Trinajstić information content (AvgIpc) is 3.04. The second kappa shape index (κ2) is 9.39. The molecule has 0 spiro atoms. The summed E-state index contributed by atoms with van der Waals surface area (Å²) in [7, 11) is 1.39. The number of ether oxygens (including phenoxy) is 1. The summed E-state index contributed by atoms with van der Waals surface area (Å²) >= 11 is 0. The van der Waals surface area contributed by atoms with E-state index in [1.165, 1.54) is 12.7 Å². The van der Waals surface area contributed by atoms with Crippen molar-refractivity contribution in [1.82, 2.24) is 15.1 Å². The molecule has 6 heteroatoms. The van der Waals surface area contributed by atoms with Gasteiger partial charge in [-0.25, -0.2) is 4.68 Å². The maximum Gasteiger partial charge on any atom is 0.305 e. The van der Waals surface area contributed by atoms with Crippen LogP contribution in [0.4, 0.5) is 0 Å². The molecule has 0 atom stereocenters. The molecule has 30 heavy (non-hydrogen) atoms. The van der Waals surface area contributed by atoms with Crippen molar-refractivity contribution in [1.29, 1.82) is 0 Å². The van der Waals surface area contributed by atoms with Gasteiger partial charge in [0.25, 0.3) is 5.91 Å². The van der Waals surface area contributed by atoms with Gasteiger partial charge in [0.05, 0.1) is 18.5 Å². The first-order valence-electron chi connectivity index (χ1n) is 9.95. The number of esters is 1. The van der Waals surface area contributed by atoms with E-state index in [0.717, 1.165) is 28.2 Å². The van der Waals surface area contributed by atoms with Crippen LogP contribution < -0.4 is 5.32 Å². The van der Waals surface area contributed by atoms with Gasteiger partial charge in [0, 0.05) is 24.2 Å². The number of carbonyl (C=O) groups excluding carboxylic acids is 2. The molecule has 3 aromatic rings. The molecule has 0 fully saturated rings. The van der Waals surface area contributed by atoms with Crippen molar-refractivity contribution in [2.24, 2.45) is 0 Å². The number of carbonyl (C=O) groups is 2. The lowest BCUT2D eigenvalue weighted by Crippen LogP contribution is -2.22. The van der Waals surface area contributed by atoms with Crippen molar-refractivity contribution in [2.75, 3.05) is 7.11 Å². The van der Waals surface area contributed by atoms with Crippen LogP contribution in [0.3, 0.4) is 0 Å². The molecule has 156 valence electrons. The number of aromatic nitrogens is 2. The Bertz CT molecular complexity index is 1030. The van der Waals surface area contributed by atoms with Crippen LogP contribution in [0, 0.1) is 20.8 Å². The first-order chi connectivity index (χ1) is 14.4. The minimum atomic E-state index is -0.234. The lowest BCUT2D eigenvalue weighted by molar-refractivity contribution is -0.140. The number of rotatable bonds is 7. The smallest absolute Gasteiger partial charge is 0.305 e. The Labute approximate surface area is 176 Å². The fourth-order valence-electron chi connectivity index (χ4n) is 3.36. The van der Waals surface area contributed by atoms with Crippen LogP contribution in [0.5, 0.6) is 0 Å². The minimum absolute atomic E-state index is 0.116. The Hall–Kier alpha value is -3.41. The second-order valence-electron chi connectivity index (χ2n) is 7.35. The zero-order valence-corrected chi connectivity index (χ0v) is 17.9. The van der Waals surface area contributed by atoms with Crippen LogP contribution in [-0.2, 0) is 22.5 Å². The number of amides is 1. The van der Waals surface area contributed by atoms with E-state index in [2.05, 4.69) is 10.4 Å². The fourth-order valence-corrected chi connectivity index (χ4v) is 3.36. The lowest BCUT2D eigenvalue weighted by atomic mass is 10.1. The molecule has 3 rings (SSSR count). The Kier molecular flexibility index (Phi) is 6.67. The van der Waals surface area contributed by atoms with Gasteiger partial charge < -0.3 is 10.1 Å². The number of nitrogens with zero attached hydrogens (tertiary/aromatic N) is 2. The number of benzene rings is 2. The summed E-state index contributed by atoms with van der Waals surface area (Å²) in [5.41, 5.74) is 6.63. The van der Waals surface area contributed by atoms with E-state index in [0.29, 0.717) is 24.9 Å². The van der Waals surface area contributed by atoms with Crippen LogP contribution in [0.1, 0.15) is 44.9 Å². The molecule has 0 aliphatic heterocycles. The minimum Gasteiger partial charge on any atom is -0.469 e. The van der Waals surface area contributed by atoms with E-state index in [9.17, 15) is 9.59 Å². The summed E-state index contributed by atoms with van der Waals surface area (Å²) < 4.78 is 6.57. The second-order valence-corrected chi connectivity index (χ2v) is 7.35. The first-order valence-corrected chi connectivity index (χ1v) is 9.95. The highest BCUT2D eigenvalue weighted by Gasteiger charge is 2.15. The van der Waals surface area contributed by atoms with E-state index in [-0.39, 0.29) is 11.9 Å². The largest absolute Gasteiger partial charge is 0.469 e. The Morgan fingerprint density at radius 1 is 1.00 bits per heavy atom. The van der Waals surface area contributed by atoms with Gasteiger partial charge in [-0.05, 0) is 62.6 Å². The van der Waals surface area contributed by atoms with Gasteiger partial charge in [0.1, 0.15) is 0 Å². The molecular weight excluding hydrogens is 378 g/mol. The van der Waals surface area contributed by atoms with Gasteiger partial charge in [-0.2, -0.15) is 5.10 Å². The molecule has 1 heterocycles. The lowest BCUT2D eigenvalue weighted by Gasteiger charge is -2.08. The number of nitrogens with one attached hydrogen (secondary N) is 1. The van der Waals surface area contributed by atoms with E-state index in [1.807, 2.05) is 61.9 Å².